The van der Waals surface area contributed by atoms with Crippen molar-refractivity contribution in [2.75, 3.05) is 6.54 Å². The molecule has 0 saturated carbocycles. The molecule has 1 unspecified atom stereocenters. The third kappa shape index (κ3) is 4.26. The first kappa shape index (κ1) is 15.9. The molecule has 0 bridgehead atoms. The zero-order chi connectivity index (χ0) is 16.1. The second kappa shape index (κ2) is 7.51. The molecule has 0 aliphatic carbocycles. The molecule has 122 valence electrons. The zero-order valence-electron chi connectivity index (χ0n) is 13.6. The van der Waals surface area contributed by atoms with Crippen LogP contribution in [0.3, 0.4) is 0 Å². The van der Waals surface area contributed by atoms with Crippen LogP contribution in [-0.2, 0) is 6.54 Å². The summed E-state index contributed by atoms with van der Waals surface area (Å²) in [5.41, 5.74) is 1.10. The Morgan fingerprint density at radius 1 is 1.30 bits per heavy atom. The Morgan fingerprint density at radius 3 is 2.96 bits per heavy atom. The summed E-state index contributed by atoms with van der Waals surface area (Å²) in [6, 6.07) is 0. The molecule has 0 aromatic carbocycles. The molecule has 3 rings (SSSR count). The van der Waals surface area contributed by atoms with E-state index in [9.17, 15) is 0 Å². The second-order valence-corrected chi connectivity index (χ2v) is 7.52. The number of nitrogens with zero attached hydrogens (tertiary/aromatic N) is 5. The maximum atomic E-state index is 5.90. The molecule has 0 aliphatic heterocycles. The van der Waals surface area contributed by atoms with Crippen LogP contribution in [0, 0.1) is 13.8 Å². The lowest BCUT2D eigenvalue weighted by atomic mass is 10.2. The van der Waals surface area contributed by atoms with Crippen LogP contribution >= 0.6 is 7.58 Å². The van der Waals surface area contributed by atoms with Gasteiger partial charge in [0.15, 0.2) is 19.9 Å². The lowest BCUT2D eigenvalue weighted by Gasteiger charge is -1.95. The van der Waals surface area contributed by atoms with Crippen molar-refractivity contribution >= 4 is 18.9 Å². The topological polar surface area (TPSA) is 83.8 Å². The lowest BCUT2D eigenvalue weighted by Crippen LogP contribution is -2.29. The minimum Gasteiger partial charge on any atom is -0.289 e. The highest BCUT2D eigenvalue weighted by molar-refractivity contribution is 7.46. The van der Waals surface area contributed by atoms with Gasteiger partial charge in [-0.05, 0) is 31.4 Å². The molecule has 1 atom stereocenters. The first-order chi connectivity index (χ1) is 11.2. The number of aromatic nitrogens is 5. The molecule has 0 saturated heterocycles. The van der Waals surface area contributed by atoms with E-state index < -0.39 is 7.58 Å². The predicted octanol–water partition coefficient (Wildman–Crippen LogP) is 2.81. The average molecular weight is 333 g/mol. The normalized spacial score (nSPS) is 12.7. The molecule has 0 aliphatic rings. The van der Waals surface area contributed by atoms with Gasteiger partial charge < -0.3 is 0 Å². The summed E-state index contributed by atoms with van der Waals surface area (Å²) in [4.78, 5) is 12.8. The van der Waals surface area contributed by atoms with Crippen LogP contribution in [0.5, 0.6) is 0 Å². The van der Waals surface area contributed by atoms with Crippen LogP contribution in [0.25, 0.3) is 5.12 Å². The maximum Gasteiger partial charge on any atom is 0.232 e. The number of hydrogen-bond donors (Lipinski definition) is 1. The molecule has 0 amide bonds. The van der Waals surface area contributed by atoms with Gasteiger partial charge >= 0.3 is 0 Å². The SMILES string of the molecule is Cc1nc(C=NCCCCCC[n+]2cc3cnc(C)p3o2)n[nH]1. The highest BCUT2D eigenvalue weighted by Crippen LogP contribution is 2.32. The number of rotatable bonds is 8. The second-order valence-electron chi connectivity index (χ2n) is 5.60. The van der Waals surface area contributed by atoms with E-state index in [-0.39, 0.29) is 0 Å². The third-order valence-electron chi connectivity index (χ3n) is 3.61. The van der Waals surface area contributed by atoms with Gasteiger partial charge in [-0.2, -0.15) is 5.10 Å². The fourth-order valence-electron chi connectivity index (χ4n) is 2.41. The molecule has 0 spiro atoms. The van der Waals surface area contributed by atoms with Crippen molar-refractivity contribution in [3.8, 4) is 0 Å². The quantitative estimate of drug-likeness (QED) is 0.390. The molecule has 23 heavy (non-hydrogen) atoms. The van der Waals surface area contributed by atoms with Crippen LogP contribution in [0.1, 0.15) is 42.8 Å². The summed E-state index contributed by atoms with van der Waals surface area (Å²) in [7, 11) is -0.599. The molecule has 3 aromatic rings. The van der Waals surface area contributed by atoms with Crippen LogP contribution in [0.15, 0.2) is 21.7 Å². The molecule has 1 N–H and O–H groups in total. The number of H-pyrrole nitrogens is 1. The fraction of sp³-hybridized carbons (Fsp3) is 0.533. The van der Waals surface area contributed by atoms with Crippen LogP contribution < -0.4 is 4.74 Å². The largest absolute Gasteiger partial charge is 0.289 e. The van der Waals surface area contributed by atoms with E-state index in [0.717, 1.165) is 37.2 Å². The fourth-order valence-corrected chi connectivity index (χ4v) is 3.90. The van der Waals surface area contributed by atoms with Crippen molar-refractivity contribution in [1.82, 2.24) is 20.2 Å². The Morgan fingerprint density at radius 2 is 2.17 bits per heavy atom. The van der Waals surface area contributed by atoms with E-state index in [1.807, 2.05) is 24.8 Å². The summed E-state index contributed by atoms with van der Waals surface area (Å²) in [5, 5.41) is 8.05. The third-order valence-corrected chi connectivity index (χ3v) is 5.39. The van der Waals surface area contributed by atoms with E-state index in [1.54, 1.807) is 6.21 Å². The monoisotopic (exact) mass is 333 g/mol. The number of aryl methyl sites for hydroxylation is 3. The van der Waals surface area contributed by atoms with Crippen molar-refractivity contribution in [2.45, 2.75) is 46.1 Å². The van der Waals surface area contributed by atoms with Crippen molar-refractivity contribution in [2.24, 2.45) is 4.99 Å². The van der Waals surface area contributed by atoms with E-state index in [2.05, 4.69) is 31.4 Å². The summed E-state index contributed by atoms with van der Waals surface area (Å²) >= 11 is 0. The molecule has 8 heteroatoms. The van der Waals surface area contributed by atoms with E-state index in [0.29, 0.717) is 5.82 Å². The molecule has 3 aromatic heterocycles. The van der Waals surface area contributed by atoms with Gasteiger partial charge in [-0.3, -0.25) is 15.1 Å². The molecule has 0 fully saturated rings. The van der Waals surface area contributed by atoms with Gasteiger partial charge in [0.05, 0.1) is 6.21 Å². The number of fused-ring (bicyclic) bond motifs is 1. The van der Waals surface area contributed by atoms with Crippen molar-refractivity contribution in [3.63, 3.8) is 0 Å². The number of nitrogens with one attached hydrogen (secondary N) is 1. The van der Waals surface area contributed by atoms with Crippen molar-refractivity contribution in [1.29, 1.82) is 0 Å². The first-order valence-corrected chi connectivity index (χ1v) is 9.21. The molecule has 7 nitrogen and oxygen atoms in total. The Kier molecular flexibility index (Phi) is 5.18. The lowest BCUT2D eigenvalue weighted by molar-refractivity contribution is -0.854. The Labute approximate surface area is 135 Å². The van der Waals surface area contributed by atoms with E-state index in [1.165, 1.54) is 18.0 Å². The first-order valence-electron chi connectivity index (χ1n) is 7.95. The Balaban J connectivity index is 1.30. The Bertz CT molecular complexity index is 787. The van der Waals surface area contributed by atoms with E-state index >= 15 is 0 Å². The highest BCUT2D eigenvalue weighted by atomic mass is 31.1. The van der Waals surface area contributed by atoms with Gasteiger partial charge in [0.2, 0.25) is 6.20 Å². The van der Waals surface area contributed by atoms with Gasteiger partial charge in [0.25, 0.3) is 0 Å². The van der Waals surface area contributed by atoms with Gasteiger partial charge in [0, 0.05) is 19.2 Å². The van der Waals surface area contributed by atoms with E-state index in [4.69, 9.17) is 4.30 Å². The van der Waals surface area contributed by atoms with Gasteiger partial charge in [-0.25, -0.2) is 9.29 Å². The zero-order valence-corrected chi connectivity index (χ0v) is 14.5. The Hall–Kier alpha value is -2.01. The van der Waals surface area contributed by atoms with Gasteiger partial charge in [-0.15, -0.1) is 0 Å². The summed E-state index contributed by atoms with van der Waals surface area (Å²) in [6.45, 7) is 5.69. The summed E-state index contributed by atoms with van der Waals surface area (Å²) in [5.74, 6) is 1.47. The number of aliphatic imine (C=N–C) groups is 1. The van der Waals surface area contributed by atoms with Gasteiger partial charge in [-0.1, -0.05) is 6.42 Å². The number of hydrogen-bond acceptors (Lipinski definition) is 5. The van der Waals surface area contributed by atoms with Gasteiger partial charge in [0.1, 0.15) is 16.4 Å². The standard InChI is InChI=1S/C15H22N6OP/c1-12-18-15(20-19-12)10-16-7-5-3-4-6-8-21-11-14-9-17-13(2)23(14)22-21/h9-11H,3-8H2,1-2H3,(H,18,19,20)/q+1. The summed E-state index contributed by atoms with van der Waals surface area (Å²) in [6.07, 6.45) is 10.3. The maximum absolute atomic E-state index is 5.90. The molecular weight excluding hydrogens is 311 g/mol. The number of unbranched alkanes of at least 4 members (excludes halogenated alkanes) is 3. The summed E-state index contributed by atoms with van der Waals surface area (Å²) < 4.78 is 7.87. The predicted molar refractivity (Wildman–Crippen MR) is 89.2 cm³/mol. The smallest absolute Gasteiger partial charge is 0.232 e. The van der Waals surface area contributed by atoms with Crippen LogP contribution in [-0.4, -0.2) is 32.9 Å². The van der Waals surface area contributed by atoms with Crippen molar-refractivity contribution < 1.29 is 9.04 Å². The van der Waals surface area contributed by atoms with Crippen LogP contribution in [0.2, 0.25) is 0 Å². The average Bonchev–Trinajstić information content (AvgIpc) is 3.21. The minimum absolute atomic E-state index is 0.599. The van der Waals surface area contributed by atoms with Crippen LogP contribution in [0.4, 0.5) is 0 Å². The van der Waals surface area contributed by atoms with Crippen molar-refractivity contribution in [3.05, 3.63) is 29.5 Å². The highest BCUT2D eigenvalue weighted by Gasteiger charge is 2.13. The minimum atomic E-state index is -0.599. The number of aromatic amines is 1. The molecule has 0 radical (unpaired) electrons. The molecular formula is C15H22N6OP+. The molecule has 3 heterocycles.